The molecule has 2 N–H and O–H groups in total. The smallest absolute Gasteiger partial charge is 0.0224 e. The Balaban J connectivity index is 4.00. The number of hydrogen-bond acceptors (Lipinski definition) is 1. The van der Waals surface area contributed by atoms with Gasteiger partial charge in [0.1, 0.15) is 0 Å². The van der Waals surface area contributed by atoms with Crippen LogP contribution in [0.5, 0.6) is 0 Å². The van der Waals surface area contributed by atoms with Crippen LogP contribution < -0.4 is 5.73 Å². The van der Waals surface area contributed by atoms with E-state index >= 15 is 0 Å². The average molecular weight is 113 g/mol. The highest BCUT2D eigenvalue weighted by molar-refractivity contribution is 5.11. The molecule has 0 aliphatic rings. The second-order valence-electron chi connectivity index (χ2n) is 2.47. The first kappa shape index (κ1) is 7.70. The Kier molecular flexibility index (Phi) is 2.77. The van der Waals surface area contributed by atoms with Crippen LogP contribution in [0.1, 0.15) is 27.7 Å². The molecule has 0 heterocycles. The second kappa shape index (κ2) is 2.88. The highest BCUT2D eigenvalue weighted by Crippen LogP contribution is 2.03. The van der Waals surface area contributed by atoms with Crippen molar-refractivity contribution >= 4 is 0 Å². The maximum Gasteiger partial charge on any atom is 0.0224 e. The summed E-state index contributed by atoms with van der Waals surface area (Å²) in [6.45, 7) is 8.24. The maximum atomic E-state index is 5.58. The predicted molar refractivity (Wildman–Crippen MR) is 37.7 cm³/mol. The van der Waals surface area contributed by atoms with Gasteiger partial charge in [0.15, 0.2) is 0 Å². The first-order valence-corrected chi connectivity index (χ1v) is 2.95. The fourth-order valence-electron chi connectivity index (χ4n) is 0.455. The van der Waals surface area contributed by atoms with Crippen molar-refractivity contribution in [3.05, 3.63) is 11.1 Å². The van der Waals surface area contributed by atoms with Gasteiger partial charge < -0.3 is 5.73 Å². The zero-order chi connectivity index (χ0) is 6.73. The van der Waals surface area contributed by atoms with Gasteiger partial charge >= 0.3 is 0 Å². The van der Waals surface area contributed by atoms with Gasteiger partial charge in [-0.15, -0.1) is 0 Å². The molecule has 0 aliphatic carbocycles. The standard InChI is InChI=1S/C7H15N/c1-5(2)6(3)7(4)8/h7H,8H2,1-4H3. The summed E-state index contributed by atoms with van der Waals surface area (Å²) in [5.41, 5.74) is 8.21. The zero-order valence-electron chi connectivity index (χ0n) is 6.15. The van der Waals surface area contributed by atoms with Gasteiger partial charge in [-0.05, 0) is 27.7 Å². The van der Waals surface area contributed by atoms with Crippen LogP contribution in [0.25, 0.3) is 0 Å². The number of nitrogens with two attached hydrogens (primary N) is 1. The maximum absolute atomic E-state index is 5.58. The molecule has 0 aromatic heterocycles. The molecule has 0 saturated heterocycles. The van der Waals surface area contributed by atoms with Crippen molar-refractivity contribution in [2.75, 3.05) is 0 Å². The SMILES string of the molecule is CC(C)=C(C)C(C)N. The first-order valence-electron chi connectivity index (χ1n) is 2.95. The highest BCUT2D eigenvalue weighted by Gasteiger charge is 1.95. The summed E-state index contributed by atoms with van der Waals surface area (Å²) in [6, 6.07) is 0.222. The lowest BCUT2D eigenvalue weighted by atomic mass is 10.1. The summed E-state index contributed by atoms with van der Waals surface area (Å²) in [4.78, 5) is 0. The molecular weight excluding hydrogens is 98.1 g/mol. The molecule has 48 valence electrons. The Bertz CT molecular complexity index is 97.0. The van der Waals surface area contributed by atoms with Crippen LogP contribution in [-0.4, -0.2) is 6.04 Å². The minimum absolute atomic E-state index is 0.222. The molecule has 8 heavy (non-hydrogen) atoms. The van der Waals surface area contributed by atoms with Gasteiger partial charge in [-0.1, -0.05) is 11.1 Å². The lowest BCUT2D eigenvalue weighted by Crippen LogP contribution is -2.16. The van der Waals surface area contributed by atoms with Crippen molar-refractivity contribution in [1.29, 1.82) is 0 Å². The van der Waals surface area contributed by atoms with Gasteiger partial charge in [-0.2, -0.15) is 0 Å². The van der Waals surface area contributed by atoms with Gasteiger partial charge in [0.2, 0.25) is 0 Å². The van der Waals surface area contributed by atoms with E-state index < -0.39 is 0 Å². The van der Waals surface area contributed by atoms with E-state index in [0.717, 1.165) is 0 Å². The van der Waals surface area contributed by atoms with Gasteiger partial charge in [-0.25, -0.2) is 0 Å². The van der Waals surface area contributed by atoms with E-state index in [1.165, 1.54) is 11.1 Å². The Morgan fingerprint density at radius 3 is 1.62 bits per heavy atom. The summed E-state index contributed by atoms with van der Waals surface area (Å²) in [7, 11) is 0. The summed E-state index contributed by atoms with van der Waals surface area (Å²) in [5.74, 6) is 0. The molecule has 1 heteroatoms. The third kappa shape index (κ3) is 2.12. The molecule has 1 atom stereocenters. The Labute approximate surface area is 51.6 Å². The fourth-order valence-corrected chi connectivity index (χ4v) is 0.455. The van der Waals surface area contributed by atoms with Crippen LogP contribution in [0.2, 0.25) is 0 Å². The highest BCUT2D eigenvalue weighted by atomic mass is 14.6. The lowest BCUT2D eigenvalue weighted by Gasteiger charge is -2.06. The Morgan fingerprint density at radius 2 is 1.62 bits per heavy atom. The van der Waals surface area contributed by atoms with Gasteiger partial charge in [0.25, 0.3) is 0 Å². The van der Waals surface area contributed by atoms with E-state index in [-0.39, 0.29) is 6.04 Å². The third-order valence-electron chi connectivity index (χ3n) is 1.47. The minimum atomic E-state index is 0.222. The van der Waals surface area contributed by atoms with Crippen LogP contribution in [0, 0.1) is 0 Å². The molecule has 0 aromatic rings. The van der Waals surface area contributed by atoms with Crippen molar-refractivity contribution in [2.24, 2.45) is 5.73 Å². The summed E-state index contributed by atoms with van der Waals surface area (Å²) in [5, 5.41) is 0. The van der Waals surface area contributed by atoms with Crippen molar-refractivity contribution in [1.82, 2.24) is 0 Å². The average Bonchev–Trinajstić information content (AvgIpc) is 1.64. The van der Waals surface area contributed by atoms with Crippen LogP contribution in [0.15, 0.2) is 11.1 Å². The largest absolute Gasteiger partial charge is 0.324 e. The molecule has 0 amide bonds. The number of hydrogen-bond donors (Lipinski definition) is 1. The quantitative estimate of drug-likeness (QED) is 0.514. The van der Waals surface area contributed by atoms with Gasteiger partial charge in [0.05, 0.1) is 0 Å². The predicted octanol–water partition coefficient (Wildman–Crippen LogP) is 1.69. The van der Waals surface area contributed by atoms with Crippen molar-refractivity contribution in [2.45, 2.75) is 33.7 Å². The molecule has 0 radical (unpaired) electrons. The molecule has 0 bridgehead atoms. The van der Waals surface area contributed by atoms with E-state index in [0.29, 0.717) is 0 Å². The molecule has 0 saturated carbocycles. The second-order valence-corrected chi connectivity index (χ2v) is 2.47. The van der Waals surface area contributed by atoms with E-state index in [2.05, 4.69) is 20.8 Å². The Hall–Kier alpha value is -0.300. The fraction of sp³-hybridized carbons (Fsp3) is 0.714. The van der Waals surface area contributed by atoms with E-state index in [1.807, 2.05) is 6.92 Å². The molecule has 0 rings (SSSR count). The molecule has 0 aromatic carbocycles. The lowest BCUT2D eigenvalue weighted by molar-refractivity contribution is 0.845. The first-order chi connectivity index (χ1) is 3.55. The molecule has 0 aliphatic heterocycles. The van der Waals surface area contributed by atoms with E-state index in [4.69, 9.17) is 5.73 Å². The van der Waals surface area contributed by atoms with Crippen LogP contribution in [0.4, 0.5) is 0 Å². The Morgan fingerprint density at radius 1 is 1.25 bits per heavy atom. The third-order valence-corrected chi connectivity index (χ3v) is 1.47. The van der Waals surface area contributed by atoms with Crippen LogP contribution in [0.3, 0.4) is 0 Å². The summed E-state index contributed by atoms with van der Waals surface area (Å²) in [6.07, 6.45) is 0. The summed E-state index contributed by atoms with van der Waals surface area (Å²) >= 11 is 0. The van der Waals surface area contributed by atoms with E-state index in [9.17, 15) is 0 Å². The number of rotatable bonds is 1. The van der Waals surface area contributed by atoms with Gasteiger partial charge in [-0.3, -0.25) is 0 Å². The van der Waals surface area contributed by atoms with Crippen LogP contribution >= 0.6 is 0 Å². The van der Waals surface area contributed by atoms with Crippen molar-refractivity contribution in [3.63, 3.8) is 0 Å². The van der Waals surface area contributed by atoms with Crippen molar-refractivity contribution < 1.29 is 0 Å². The van der Waals surface area contributed by atoms with Gasteiger partial charge in [0, 0.05) is 6.04 Å². The summed E-state index contributed by atoms with van der Waals surface area (Å²) < 4.78 is 0. The molecule has 1 unspecified atom stereocenters. The zero-order valence-corrected chi connectivity index (χ0v) is 6.15. The van der Waals surface area contributed by atoms with Crippen molar-refractivity contribution in [3.8, 4) is 0 Å². The van der Waals surface area contributed by atoms with E-state index in [1.54, 1.807) is 0 Å². The molecule has 1 nitrogen and oxygen atoms in total. The minimum Gasteiger partial charge on any atom is -0.324 e. The monoisotopic (exact) mass is 113 g/mol. The topological polar surface area (TPSA) is 26.0 Å². The molecule has 0 spiro atoms. The normalized spacial score (nSPS) is 13.1. The number of allylic oxidation sites excluding steroid dienone is 1. The molecule has 0 fully saturated rings. The molecular formula is C7H15N. The van der Waals surface area contributed by atoms with Crippen LogP contribution in [-0.2, 0) is 0 Å².